The number of rotatable bonds is 5. The summed E-state index contributed by atoms with van der Waals surface area (Å²) in [5.41, 5.74) is 3.89. The van der Waals surface area contributed by atoms with Crippen LogP contribution in [0.3, 0.4) is 0 Å². The molecular weight excluding hydrogens is 326 g/mol. The summed E-state index contributed by atoms with van der Waals surface area (Å²) in [4.78, 5) is 13.5. The van der Waals surface area contributed by atoms with E-state index < -0.39 is 0 Å². The van der Waals surface area contributed by atoms with E-state index in [0.717, 1.165) is 28.2 Å². The molecule has 0 aromatic carbocycles. The molecule has 0 aliphatic carbocycles. The number of anilines is 2. The summed E-state index contributed by atoms with van der Waals surface area (Å²) in [7, 11) is 0. The molecule has 0 saturated heterocycles. The second-order valence-corrected chi connectivity index (χ2v) is 6.64. The topological polar surface area (TPSA) is 84.3 Å². The van der Waals surface area contributed by atoms with Crippen molar-refractivity contribution in [3.8, 4) is 0 Å². The molecule has 4 rings (SSSR count). The Kier molecular flexibility index (Phi) is 4.12. The minimum absolute atomic E-state index is 0.115. The third-order valence-corrected chi connectivity index (χ3v) is 4.48. The molecule has 4 heterocycles. The lowest BCUT2D eigenvalue weighted by atomic mass is 10.1. The number of aromatic nitrogens is 6. The highest BCUT2D eigenvalue weighted by molar-refractivity contribution is 5.74. The van der Waals surface area contributed by atoms with Crippen molar-refractivity contribution in [3.05, 3.63) is 60.3 Å². The molecule has 0 saturated carbocycles. The molecule has 0 radical (unpaired) electrons. The predicted octanol–water partition coefficient (Wildman–Crippen LogP) is 4.03. The van der Waals surface area contributed by atoms with E-state index in [-0.39, 0.29) is 6.04 Å². The Hall–Kier alpha value is -3.22. The van der Waals surface area contributed by atoms with Gasteiger partial charge in [0.05, 0.1) is 12.2 Å². The van der Waals surface area contributed by atoms with E-state index in [1.54, 1.807) is 12.4 Å². The SMILES string of the molecule is CC(C)c1cc(Nc2cnc3ccn([C@@H](C)c4cccnc4)c3n2)n[nH]1. The summed E-state index contributed by atoms with van der Waals surface area (Å²) in [5, 5.41) is 10.5. The Morgan fingerprint density at radius 1 is 1.12 bits per heavy atom. The van der Waals surface area contributed by atoms with Crippen molar-refractivity contribution in [3.63, 3.8) is 0 Å². The van der Waals surface area contributed by atoms with Crippen LogP contribution >= 0.6 is 0 Å². The van der Waals surface area contributed by atoms with Crippen LogP contribution in [0, 0.1) is 0 Å². The molecular formula is C19H21N7. The fraction of sp³-hybridized carbons (Fsp3) is 0.263. The molecule has 4 aromatic rings. The monoisotopic (exact) mass is 347 g/mol. The second-order valence-electron chi connectivity index (χ2n) is 6.64. The Labute approximate surface area is 151 Å². The van der Waals surface area contributed by atoms with Crippen molar-refractivity contribution in [2.24, 2.45) is 0 Å². The van der Waals surface area contributed by atoms with Crippen LogP contribution in [0.4, 0.5) is 11.6 Å². The maximum Gasteiger partial charge on any atom is 0.161 e. The molecule has 132 valence electrons. The first-order valence-corrected chi connectivity index (χ1v) is 8.67. The molecule has 0 bridgehead atoms. The normalized spacial score (nSPS) is 12.6. The van der Waals surface area contributed by atoms with Crippen molar-refractivity contribution in [1.82, 2.24) is 29.7 Å². The molecule has 4 aromatic heterocycles. The van der Waals surface area contributed by atoms with Crippen LogP contribution < -0.4 is 5.32 Å². The van der Waals surface area contributed by atoms with Crippen LogP contribution in [0.1, 0.15) is 44.0 Å². The van der Waals surface area contributed by atoms with Gasteiger partial charge in [0.2, 0.25) is 0 Å². The zero-order chi connectivity index (χ0) is 18.1. The van der Waals surface area contributed by atoms with E-state index in [4.69, 9.17) is 4.98 Å². The van der Waals surface area contributed by atoms with Gasteiger partial charge in [-0.2, -0.15) is 5.10 Å². The van der Waals surface area contributed by atoms with Crippen molar-refractivity contribution in [1.29, 1.82) is 0 Å². The summed E-state index contributed by atoms with van der Waals surface area (Å²) >= 11 is 0. The summed E-state index contributed by atoms with van der Waals surface area (Å²) < 4.78 is 2.11. The van der Waals surface area contributed by atoms with Gasteiger partial charge in [-0.25, -0.2) is 9.97 Å². The van der Waals surface area contributed by atoms with Crippen LogP contribution in [0.2, 0.25) is 0 Å². The van der Waals surface area contributed by atoms with Gasteiger partial charge < -0.3 is 9.88 Å². The molecule has 0 fully saturated rings. The number of H-pyrrole nitrogens is 1. The Bertz CT molecular complexity index is 1020. The number of fused-ring (bicyclic) bond motifs is 1. The van der Waals surface area contributed by atoms with Crippen LogP contribution in [-0.2, 0) is 0 Å². The van der Waals surface area contributed by atoms with Crippen LogP contribution in [0.25, 0.3) is 11.2 Å². The third kappa shape index (κ3) is 3.03. The minimum Gasteiger partial charge on any atom is -0.324 e. The van der Waals surface area contributed by atoms with Crippen LogP contribution in [-0.4, -0.2) is 29.7 Å². The van der Waals surface area contributed by atoms with Crippen LogP contribution in [0.15, 0.2) is 49.1 Å². The van der Waals surface area contributed by atoms with Gasteiger partial charge in [0.1, 0.15) is 5.52 Å². The van der Waals surface area contributed by atoms with Crippen molar-refractivity contribution >= 4 is 22.8 Å². The summed E-state index contributed by atoms with van der Waals surface area (Å²) in [5.74, 6) is 1.79. The largest absolute Gasteiger partial charge is 0.324 e. The van der Waals surface area contributed by atoms with E-state index >= 15 is 0 Å². The first kappa shape index (κ1) is 16.3. The molecule has 0 amide bonds. The fourth-order valence-electron chi connectivity index (χ4n) is 2.90. The van der Waals surface area contributed by atoms with Gasteiger partial charge in [-0.3, -0.25) is 10.1 Å². The highest BCUT2D eigenvalue weighted by Crippen LogP contribution is 2.24. The number of hydrogen-bond acceptors (Lipinski definition) is 5. The van der Waals surface area contributed by atoms with Gasteiger partial charge in [-0.1, -0.05) is 19.9 Å². The van der Waals surface area contributed by atoms with Crippen molar-refractivity contribution < 1.29 is 0 Å². The number of nitrogens with zero attached hydrogens (tertiary/aromatic N) is 5. The minimum atomic E-state index is 0.115. The molecule has 7 nitrogen and oxygen atoms in total. The van der Waals surface area contributed by atoms with Crippen molar-refractivity contribution in [2.75, 3.05) is 5.32 Å². The smallest absolute Gasteiger partial charge is 0.161 e. The van der Waals surface area contributed by atoms with E-state index in [1.807, 2.05) is 30.6 Å². The average Bonchev–Trinajstić information content (AvgIpc) is 3.29. The number of nitrogens with one attached hydrogen (secondary N) is 2. The lowest BCUT2D eigenvalue weighted by Gasteiger charge is -2.14. The quantitative estimate of drug-likeness (QED) is 0.569. The van der Waals surface area contributed by atoms with Crippen molar-refractivity contribution in [2.45, 2.75) is 32.7 Å². The lowest BCUT2D eigenvalue weighted by Crippen LogP contribution is -2.07. The van der Waals surface area contributed by atoms with Gasteiger partial charge in [0.15, 0.2) is 17.3 Å². The molecule has 0 aliphatic heterocycles. The van der Waals surface area contributed by atoms with Gasteiger partial charge in [-0.15, -0.1) is 0 Å². The molecule has 26 heavy (non-hydrogen) atoms. The molecule has 1 atom stereocenters. The summed E-state index contributed by atoms with van der Waals surface area (Å²) in [6, 6.07) is 8.10. The molecule has 0 aliphatic rings. The van der Waals surface area contributed by atoms with E-state index in [9.17, 15) is 0 Å². The number of hydrogen-bond donors (Lipinski definition) is 2. The van der Waals surface area contributed by atoms with Gasteiger partial charge in [0.25, 0.3) is 0 Å². The summed E-state index contributed by atoms with van der Waals surface area (Å²) in [6.07, 6.45) is 7.40. The maximum absolute atomic E-state index is 4.75. The summed E-state index contributed by atoms with van der Waals surface area (Å²) in [6.45, 7) is 6.37. The highest BCUT2D eigenvalue weighted by Gasteiger charge is 2.13. The third-order valence-electron chi connectivity index (χ3n) is 4.48. The molecule has 0 spiro atoms. The molecule has 7 heteroatoms. The first-order chi connectivity index (χ1) is 12.6. The zero-order valence-electron chi connectivity index (χ0n) is 15.0. The predicted molar refractivity (Wildman–Crippen MR) is 102 cm³/mol. The van der Waals surface area contributed by atoms with Gasteiger partial charge >= 0.3 is 0 Å². The van der Waals surface area contributed by atoms with Crippen LogP contribution in [0.5, 0.6) is 0 Å². The zero-order valence-corrected chi connectivity index (χ0v) is 15.0. The van der Waals surface area contributed by atoms with E-state index in [0.29, 0.717) is 11.7 Å². The lowest BCUT2D eigenvalue weighted by molar-refractivity contribution is 0.655. The maximum atomic E-state index is 4.75. The number of aromatic amines is 1. The van der Waals surface area contributed by atoms with Gasteiger partial charge in [-0.05, 0) is 30.5 Å². The molecule has 2 N–H and O–H groups in total. The Morgan fingerprint density at radius 2 is 2.00 bits per heavy atom. The Morgan fingerprint density at radius 3 is 2.73 bits per heavy atom. The fourth-order valence-corrected chi connectivity index (χ4v) is 2.90. The second kappa shape index (κ2) is 6.59. The van der Waals surface area contributed by atoms with E-state index in [1.165, 1.54) is 0 Å². The molecule has 0 unspecified atom stereocenters. The van der Waals surface area contributed by atoms with Gasteiger partial charge in [0, 0.05) is 30.4 Å². The Balaban J connectivity index is 1.66. The number of pyridine rings is 1. The van der Waals surface area contributed by atoms with E-state index in [2.05, 4.69) is 56.9 Å². The first-order valence-electron chi connectivity index (χ1n) is 8.67. The average molecular weight is 347 g/mol. The standard InChI is InChI=1S/C19H21N7/c1-12(2)16-9-17(25-24-16)22-18-11-21-15-6-8-26(19(15)23-18)13(3)14-5-4-7-20-10-14/h4-13H,1-3H3,(H2,22,23,24,25)/t13-/m0/s1. The highest BCUT2D eigenvalue weighted by atomic mass is 15.2.